The maximum Gasteiger partial charge on any atom is 0.230 e. The Hall–Kier alpha value is -1.35. The Balaban J connectivity index is 2.11. The molecule has 0 aromatic heterocycles. The molecule has 1 amide bonds. The lowest BCUT2D eigenvalue weighted by atomic mass is 9.94. The Kier molecular flexibility index (Phi) is 4.02. The van der Waals surface area contributed by atoms with Crippen molar-refractivity contribution in [3.8, 4) is 0 Å². The van der Waals surface area contributed by atoms with Crippen molar-refractivity contribution < 1.29 is 4.79 Å². The van der Waals surface area contributed by atoms with Crippen molar-refractivity contribution in [3.05, 3.63) is 29.8 Å². The van der Waals surface area contributed by atoms with Crippen LogP contribution in [-0.4, -0.2) is 19.5 Å². The minimum absolute atomic E-state index is 0.112. The maximum atomic E-state index is 12.5. The van der Waals surface area contributed by atoms with Gasteiger partial charge in [0.15, 0.2) is 0 Å². The zero-order valence-electron chi connectivity index (χ0n) is 11.2. The van der Waals surface area contributed by atoms with E-state index in [1.165, 1.54) is 5.56 Å². The number of carbonyl (C=O) groups is 1. The quantitative estimate of drug-likeness (QED) is 0.889. The van der Waals surface area contributed by atoms with Gasteiger partial charge in [0.2, 0.25) is 5.91 Å². The second kappa shape index (κ2) is 5.53. The van der Waals surface area contributed by atoms with E-state index in [9.17, 15) is 4.79 Å². The third-order valence-electron chi connectivity index (χ3n) is 4.03. The molecule has 2 atom stereocenters. The van der Waals surface area contributed by atoms with Gasteiger partial charge in [-0.1, -0.05) is 24.1 Å². The van der Waals surface area contributed by atoms with Gasteiger partial charge in [-0.05, 0) is 44.4 Å². The molecule has 18 heavy (non-hydrogen) atoms. The van der Waals surface area contributed by atoms with Crippen molar-refractivity contribution in [1.82, 2.24) is 0 Å². The zero-order valence-corrected chi connectivity index (χ0v) is 11.2. The molecule has 3 heteroatoms. The van der Waals surface area contributed by atoms with Gasteiger partial charge in [0.1, 0.15) is 0 Å². The van der Waals surface area contributed by atoms with E-state index in [2.05, 4.69) is 0 Å². The number of rotatable bonds is 3. The Morgan fingerprint density at radius 2 is 2.00 bits per heavy atom. The third kappa shape index (κ3) is 2.56. The van der Waals surface area contributed by atoms with Crippen LogP contribution in [0.4, 0.5) is 5.69 Å². The van der Waals surface area contributed by atoms with Crippen molar-refractivity contribution in [2.45, 2.75) is 26.2 Å². The molecular weight excluding hydrogens is 224 g/mol. The minimum atomic E-state index is 0.112. The molecule has 0 spiro atoms. The van der Waals surface area contributed by atoms with Crippen LogP contribution in [0.1, 0.15) is 24.8 Å². The van der Waals surface area contributed by atoms with Crippen LogP contribution in [0.25, 0.3) is 0 Å². The molecule has 3 nitrogen and oxygen atoms in total. The molecular formula is C15H22N2O. The summed E-state index contributed by atoms with van der Waals surface area (Å²) < 4.78 is 0. The fraction of sp³-hybridized carbons (Fsp3) is 0.533. The molecule has 1 aliphatic rings. The van der Waals surface area contributed by atoms with Crippen molar-refractivity contribution in [2.75, 3.05) is 18.5 Å². The summed E-state index contributed by atoms with van der Waals surface area (Å²) in [5.41, 5.74) is 7.92. The van der Waals surface area contributed by atoms with E-state index in [0.29, 0.717) is 12.5 Å². The average Bonchev–Trinajstić information content (AvgIpc) is 2.86. The molecule has 2 rings (SSSR count). The summed E-state index contributed by atoms with van der Waals surface area (Å²) in [7, 11) is 1.86. The Morgan fingerprint density at radius 1 is 1.33 bits per heavy atom. The van der Waals surface area contributed by atoms with Crippen molar-refractivity contribution in [1.29, 1.82) is 0 Å². The van der Waals surface area contributed by atoms with Crippen LogP contribution >= 0.6 is 0 Å². The molecule has 0 aliphatic heterocycles. The lowest BCUT2D eigenvalue weighted by Gasteiger charge is -2.24. The Labute approximate surface area is 109 Å². The first kappa shape index (κ1) is 13.1. The standard InChI is InChI=1S/C15H22N2O/c1-11-6-8-13(9-7-11)17(2)15(18)14-5-3-4-12(14)10-16/h6-9,12,14H,3-5,10,16H2,1-2H3/t12-,14-/m1/s1. The van der Waals surface area contributed by atoms with Crippen LogP contribution in [0.15, 0.2) is 24.3 Å². The highest BCUT2D eigenvalue weighted by Gasteiger charge is 2.33. The Morgan fingerprint density at radius 3 is 2.61 bits per heavy atom. The van der Waals surface area contributed by atoms with E-state index < -0.39 is 0 Å². The molecule has 1 aliphatic carbocycles. The second-order valence-corrected chi connectivity index (χ2v) is 5.27. The first-order valence-corrected chi connectivity index (χ1v) is 6.67. The number of hydrogen-bond acceptors (Lipinski definition) is 2. The number of benzene rings is 1. The fourth-order valence-corrected chi connectivity index (χ4v) is 2.79. The number of anilines is 1. The summed E-state index contributed by atoms with van der Waals surface area (Å²) >= 11 is 0. The lowest BCUT2D eigenvalue weighted by Crippen LogP contribution is -2.36. The van der Waals surface area contributed by atoms with E-state index in [1.807, 2.05) is 38.2 Å². The van der Waals surface area contributed by atoms with Gasteiger partial charge in [-0.2, -0.15) is 0 Å². The van der Waals surface area contributed by atoms with Crippen LogP contribution < -0.4 is 10.6 Å². The van der Waals surface area contributed by atoms with Gasteiger partial charge in [0, 0.05) is 18.7 Å². The van der Waals surface area contributed by atoms with E-state index >= 15 is 0 Å². The van der Waals surface area contributed by atoms with Crippen molar-refractivity contribution in [3.63, 3.8) is 0 Å². The van der Waals surface area contributed by atoms with Gasteiger partial charge in [0.05, 0.1) is 0 Å². The first-order chi connectivity index (χ1) is 8.63. The number of amides is 1. The topological polar surface area (TPSA) is 46.3 Å². The molecule has 98 valence electrons. The summed E-state index contributed by atoms with van der Waals surface area (Å²) in [4.78, 5) is 14.2. The highest BCUT2D eigenvalue weighted by atomic mass is 16.2. The molecule has 0 radical (unpaired) electrons. The predicted octanol–water partition coefficient (Wildman–Crippen LogP) is 2.33. The molecule has 0 heterocycles. The number of carbonyl (C=O) groups excluding carboxylic acids is 1. The number of nitrogens with two attached hydrogens (primary N) is 1. The summed E-state index contributed by atoms with van der Waals surface area (Å²) in [6.07, 6.45) is 3.20. The summed E-state index contributed by atoms with van der Waals surface area (Å²) in [6.45, 7) is 2.67. The smallest absolute Gasteiger partial charge is 0.230 e. The van der Waals surface area contributed by atoms with Crippen molar-refractivity contribution >= 4 is 11.6 Å². The molecule has 1 fully saturated rings. The summed E-state index contributed by atoms with van der Waals surface area (Å²) in [6, 6.07) is 8.07. The number of aryl methyl sites for hydroxylation is 1. The van der Waals surface area contributed by atoms with Gasteiger partial charge in [0.25, 0.3) is 0 Å². The molecule has 1 aromatic rings. The largest absolute Gasteiger partial charge is 0.330 e. The van der Waals surface area contributed by atoms with Gasteiger partial charge in [-0.15, -0.1) is 0 Å². The molecule has 1 aromatic carbocycles. The van der Waals surface area contributed by atoms with E-state index in [-0.39, 0.29) is 11.8 Å². The monoisotopic (exact) mass is 246 g/mol. The third-order valence-corrected chi connectivity index (χ3v) is 4.03. The normalized spacial score (nSPS) is 23.1. The maximum absolute atomic E-state index is 12.5. The minimum Gasteiger partial charge on any atom is -0.330 e. The summed E-state index contributed by atoms with van der Waals surface area (Å²) in [5.74, 6) is 0.693. The van der Waals surface area contributed by atoms with Crippen LogP contribution in [0, 0.1) is 18.8 Å². The highest BCUT2D eigenvalue weighted by molar-refractivity contribution is 5.94. The number of nitrogens with zero attached hydrogens (tertiary/aromatic N) is 1. The molecule has 2 N–H and O–H groups in total. The lowest BCUT2D eigenvalue weighted by molar-refractivity contribution is -0.123. The van der Waals surface area contributed by atoms with Crippen LogP contribution in [0.3, 0.4) is 0 Å². The van der Waals surface area contributed by atoms with E-state index in [1.54, 1.807) is 4.90 Å². The van der Waals surface area contributed by atoms with Crippen LogP contribution in [-0.2, 0) is 4.79 Å². The fourth-order valence-electron chi connectivity index (χ4n) is 2.79. The SMILES string of the molecule is Cc1ccc(N(C)C(=O)[C@@H]2CCC[C@@H]2CN)cc1. The Bertz CT molecular complexity index is 413. The zero-order chi connectivity index (χ0) is 13.1. The van der Waals surface area contributed by atoms with Gasteiger partial charge in [-0.3, -0.25) is 4.79 Å². The highest BCUT2D eigenvalue weighted by Crippen LogP contribution is 2.33. The average molecular weight is 246 g/mol. The number of hydrogen-bond donors (Lipinski definition) is 1. The predicted molar refractivity (Wildman–Crippen MR) is 74.5 cm³/mol. The molecule has 0 unspecified atom stereocenters. The van der Waals surface area contributed by atoms with Crippen LogP contribution in [0.2, 0.25) is 0 Å². The van der Waals surface area contributed by atoms with E-state index in [4.69, 9.17) is 5.73 Å². The molecule has 0 bridgehead atoms. The van der Waals surface area contributed by atoms with E-state index in [0.717, 1.165) is 24.9 Å². The van der Waals surface area contributed by atoms with Gasteiger partial charge >= 0.3 is 0 Å². The van der Waals surface area contributed by atoms with Crippen molar-refractivity contribution in [2.24, 2.45) is 17.6 Å². The van der Waals surface area contributed by atoms with Gasteiger partial charge in [-0.25, -0.2) is 0 Å². The van der Waals surface area contributed by atoms with Gasteiger partial charge < -0.3 is 10.6 Å². The molecule has 1 saturated carbocycles. The first-order valence-electron chi connectivity index (χ1n) is 6.67. The second-order valence-electron chi connectivity index (χ2n) is 5.27. The molecule has 0 saturated heterocycles. The van der Waals surface area contributed by atoms with Crippen LogP contribution in [0.5, 0.6) is 0 Å². The summed E-state index contributed by atoms with van der Waals surface area (Å²) in [5, 5.41) is 0.